The number of rotatable bonds is 4. The lowest BCUT2D eigenvalue weighted by molar-refractivity contribution is -0.0414. The van der Waals surface area contributed by atoms with Crippen LogP contribution in [0.5, 0.6) is 0 Å². The molecule has 0 aliphatic heterocycles. The second kappa shape index (κ2) is 6.13. The molecule has 1 heterocycles. The molecule has 1 aromatic rings. The Bertz CT molecular complexity index is 418. The van der Waals surface area contributed by atoms with Gasteiger partial charge in [0.2, 0.25) is 0 Å². The topological polar surface area (TPSA) is 23.5 Å². The van der Waals surface area contributed by atoms with Crippen molar-refractivity contribution < 1.29 is 5.11 Å². The van der Waals surface area contributed by atoms with Gasteiger partial charge in [-0.3, -0.25) is 0 Å². The molecule has 0 spiro atoms. The Balaban J connectivity index is 1.89. The predicted octanol–water partition coefficient (Wildman–Crippen LogP) is 4.02. The summed E-state index contributed by atoms with van der Waals surface area (Å²) in [5.74, 6) is 0.393. The number of hydrogen-bond acceptors (Lipinski definition) is 3. The first-order valence-electron chi connectivity index (χ1n) is 6.99. The van der Waals surface area contributed by atoms with Gasteiger partial charge in [-0.2, -0.15) is 0 Å². The zero-order chi connectivity index (χ0) is 14.0. The normalized spacial score (nSPS) is 26.8. The zero-order valence-electron chi connectivity index (χ0n) is 12.0. The van der Waals surface area contributed by atoms with E-state index in [0.29, 0.717) is 5.92 Å². The van der Waals surface area contributed by atoms with Crippen molar-refractivity contribution in [1.82, 2.24) is 4.90 Å². The molecular formula is C15H24ClNOS. The highest BCUT2D eigenvalue weighted by molar-refractivity contribution is 7.16. The van der Waals surface area contributed by atoms with Crippen LogP contribution in [-0.2, 0) is 6.54 Å². The first-order chi connectivity index (χ1) is 8.88. The minimum Gasteiger partial charge on any atom is -0.392 e. The van der Waals surface area contributed by atoms with E-state index >= 15 is 0 Å². The van der Waals surface area contributed by atoms with Gasteiger partial charge < -0.3 is 10.0 Å². The van der Waals surface area contributed by atoms with E-state index in [-0.39, 0.29) is 11.5 Å². The summed E-state index contributed by atoms with van der Waals surface area (Å²) >= 11 is 7.60. The molecule has 1 aromatic heterocycles. The standard InChI is InChI=1S/C15H24ClNOS/c1-15(2)8-4-5-11(14(15)18)9-17(3)10-12-6-7-13(16)19-12/h6-7,11,14,18H,4-5,8-10H2,1-3H3. The highest BCUT2D eigenvalue weighted by Crippen LogP contribution is 2.39. The zero-order valence-corrected chi connectivity index (χ0v) is 13.6. The van der Waals surface area contributed by atoms with Gasteiger partial charge in [-0.05, 0) is 43.4 Å². The monoisotopic (exact) mass is 301 g/mol. The molecule has 1 saturated carbocycles. The Morgan fingerprint density at radius 2 is 2.21 bits per heavy atom. The number of halogens is 1. The highest BCUT2D eigenvalue weighted by atomic mass is 35.5. The van der Waals surface area contributed by atoms with Crippen LogP contribution in [0.1, 0.15) is 38.0 Å². The van der Waals surface area contributed by atoms with Crippen molar-refractivity contribution in [1.29, 1.82) is 0 Å². The summed E-state index contributed by atoms with van der Waals surface area (Å²) in [5, 5.41) is 10.5. The van der Waals surface area contributed by atoms with E-state index in [0.717, 1.165) is 30.3 Å². The van der Waals surface area contributed by atoms with Crippen LogP contribution in [0.2, 0.25) is 4.34 Å². The molecule has 0 saturated heterocycles. The summed E-state index contributed by atoms with van der Waals surface area (Å²) in [7, 11) is 2.13. The maximum absolute atomic E-state index is 10.5. The smallest absolute Gasteiger partial charge is 0.0931 e. The molecule has 108 valence electrons. The van der Waals surface area contributed by atoms with Gasteiger partial charge in [0.1, 0.15) is 0 Å². The molecule has 19 heavy (non-hydrogen) atoms. The fourth-order valence-electron chi connectivity index (χ4n) is 3.12. The fraction of sp³-hybridized carbons (Fsp3) is 0.733. The summed E-state index contributed by atoms with van der Waals surface area (Å²) in [6.45, 7) is 6.24. The van der Waals surface area contributed by atoms with Crippen molar-refractivity contribution in [2.45, 2.75) is 45.8 Å². The van der Waals surface area contributed by atoms with E-state index in [2.05, 4.69) is 31.9 Å². The van der Waals surface area contributed by atoms with Gasteiger partial charge in [0.15, 0.2) is 0 Å². The van der Waals surface area contributed by atoms with E-state index in [1.165, 1.54) is 11.3 Å². The average Bonchev–Trinajstić information content (AvgIpc) is 2.70. The lowest BCUT2D eigenvalue weighted by atomic mass is 9.69. The van der Waals surface area contributed by atoms with Crippen LogP contribution in [-0.4, -0.2) is 29.7 Å². The molecule has 0 amide bonds. The lowest BCUT2D eigenvalue weighted by Gasteiger charge is -2.42. The molecule has 1 N–H and O–H groups in total. The van der Waals surface area contributed by atoms with Crippen molar-refractivity contribution in [2.24, 2.45) is 11.3 Å². The Hall–Kier alpha value is -0.0900. The second-order valence-electron chi connectivity index (χ2n) is 6.49. The predicted molar refractivity (Wildman–Crippen MR) is 82.8 cm³/mol. The summed E-state index contributed by atoms with van der Waals surface area (Å²) in [6.07, 6.45) is 3.32. The molecule has 0 aromatic carbocycles. The Kier molecular flexibility index (Phi) is 4.93. The first-order valence-corrected chi connectivity index (χ1v) is 8.19. The van der Waals surface area contributed by atoms with Crippen molar-refractivity contribution >= 4 is 22.9 Å². The minimum atomic E-state index is -0.185. The number of nitrogens with zero attached hydrogens (tertiary/aromatic N) is 1. The van der Waals surface area contributed by atoms with E-state index < -0.39 is 0 Å². The van der Waals surface area contributed by atoms with Crippen LogP contribution in [0.4, 0.5) is 0 Å². The SMILES string of the molecule is CN(Cc1ccc(Cl)s1)CC1CCCC(C)(C)C1O. The van der Waals surface area contributed by atoms with E-state index in [9.17, 15) is 5.11 Å². The summed E-state index contributed by atoms with van der Waals surface area (Å²) < 4.78 is 0.849. The maximum atomic E-state index is 10.5. The van der Waals surface area contributed by atoms with Gasteiger partial charge in [0, 0.05) is 18.0 Å². The third kappa shape index (κ3) is 3.94. The number of thiophene rings is 1. The minimum absolute atomic E-state index is 0.0655. The van der Waals surface area contributed by atoms with Crippen LogP contribution >= 0.6 is 22.9 Å². The third-order valence-corrected chi connectivity index (χ3v) is 5.46. The first kappa shape index (κ1) is 15.3. The van der Waals surface area contributed by atoms with Crippen molar-refractivity contribution in [2.75, 3.05) is 13.6 Å². The fourth-order valence-corrected chi connectivity index (χ4v) is 4.29. The van der Waals surface area contributed by atoms with Crippen LogP contribution in [0.15, 0.2) is 12.1 Å². The molecule has 2 atom stereocenters. The van der Waals surface area contributed by atoms with Crippen molar-refractivity contribution in [3.8, 4) is 0 Å². The Labute approximate surface area is 125 Å². The van der Waals surface area contributed by atoms with Gasteiger partial charge in [-0.25, -0.2) is 0 Å². The van der Waals surface area contributed by atoms with Crippen LogP contribution < -0.4 is 0 Å². The molecule has 2 unspecified atom stereocenters. The number of aliphatic hydroxyl groups is 1. The quantitative estimate of drug-likeness (QED) is 0.908. The molecule has 1 aliphatic carbocycles. The van der Waals surface area contributed by atoms with E-state index in [4.69, 9.17) is 11.6 Å². The number of aliphatic hydroxyl groups excluding tert-OH is 1. The molecule has 2 rings (SSSR count). The highest BCUT2D eigenvalue weighted by Gasteiger charge is 2.37. The molecule has 2 nitrogen and oxygen atoms in total. The van der Waals surface area contributed by atoms with Crippen LogP contribution in [0.3, 0.4) is 0 Å². The second-order valence-corrected chi connectivity index (χ2v) is 8.29. The van der Waals surface area contributed by atoms with Crippen LogP contribution in [0.25, 0.3) is 0 Å². The average molecular weight is 302 g/mol. The molecule has 1 aliphatic rings. The van der Waals surface area contributed by atoms with Crippen molar-refractivity contribution in [3.05, 3.63) is 21.3 Å². The molecule has 0 radical (unpaired) electrons. The largest absolute Gasteiger partial charge is 0.392 e. The Morgan fingerprint density at radius 3 is 2.84 bits per heavy atom. The summed E-state index contributed by atoms with van der Waals surface area (Å²) in [4.78, 5) is 3.59. The summed E-state index contributed by atoms with van der Waals surface area (Å²) in [5.41, 5.74) is 0.0655. The molecule has 1 fully saturated rings. The van der Waals surface area contributed by atoms with Crippen molar-refractivity contribution in [3.63, 3.8) is 0 Å². The van der Waals surface area contributed by atoms with E-state index in [1.54, 1.807) is 11.3 Å². The van der Waals surface area contributed by atoms with Gasteiger partial charge in [0.25, 0.3) is 0 Å². The van der Waals surface area contributed by atoms with Gasteiger partial charge in [0.05, 0.1) is 10.4 Å². The maximum Gasteiger partial charge on any atom is 0.0931 e. The third-order valence-electron chi connectivity index (χ3n) is 4.24. The van der Waals surface area contributed by atoms with E-state index in [1.807, 2.05) is 6.07 Å². The van der Waals surface area contributed by atoms with Gasteiger partial charge in [-0.15, -0.1) is 11.3 Å². The molecule has 4 heteroatoms. The van der Waals surface area contributed by atoms with Gasteiger partial charge in [-0.1, -0.05) is 31.9 Å². The molecule has 0 bridgehead atoms. The Morgan fingerprint density at radius 1 is 1.47 bits per heavy atom. The van der Waals surface area contributed by atoms with Gasteiger partial charge >= 0.3 is 0 Å². The lowest BCUT2D eigenvalue weighted by Crippen LogP contribution is -2.44. The summed E-state index contributed by atoms with van der Waals surface area (Å²) in [6, 6.07) is 4.04. The number of hydrogen-bond donors (Lipinski definition) is 1. The van der Waals surface area contributed by atoms with Crippen LogP contribution in [0, 0.1) is 11.3 Å². The molecular weight excluding hydrogens is 278 g/mol.